The SMILES string of the molecule is NNC(Cc1ccc(I)cc1)c1ccc(F)c(F)c1F. The fourth-order valence-electron chi connectivity index (χ4n) is 1.92. The number of hydrogen-bond acceptors (Lipinski definition) is 2. The molecule has 0 bridgehead atoms. The van der Waals surface area contributed by atoms with Crippen LogP contribution in [-0.4, -0.2) is 0 Å². The van der Waals surface area contributed by atoms with Gasteiger partial charge in [-0.2, -0.15) is 0 Å². The number of hydrogen-bond donors (Lipinski definition) is 2. The first-order chi connectivity index (χ1) is 9.52. The zero-order valence-corrected chi connectivity index (χ0v) is 12.5. The Morgan fingerprint density at radius 2 is 1.65 bits per heavy atom. The number of nitrogens with one attached hydrogen (secondary N) is 1. The van der Waals surface area contributed by atoms with Gasteiger partial charge in [-0.05, 0) is 52.8 Å². The maximum Gasteiger partial charge on any atom is 0.194 e. The molecule has 1 unspecified atom stereocenters. The molecule has 106 valence electrons. The van der Waals surface area contributed by atoms with E-state index in [1.807, 2.05) is 24.3 Å². The van der Waals surface area contributed by atoms with E-state index in [-0.39, 0.29) is 5.56 Å². The Balaban J connectivity index is 2.29. The van der Waals surface area contributed by atoms with E-state index in [2.05, 4.69) is 28.0 Å². The molecule has 0 aliphatic rings. The number of rotatable bonds is 4. The molecule has 0 spiro atoms. The van der Waals surface area contributed by atoms with Crippen LogP contribution in [0.15, 0.2) is 36.4 Å². The summed E-state index contributed by atoms with van der Waals surface area (Å²) in [6, 6.07) is 9.03. The molecular formula is C14H12F3IN2. The minimum Gasteiger partial charge on any atom is -0.271 e. The van der Waals surface area contributed by atoms with Crippen molar-refractivity contribution < 1.29 is 13.2 Å². The number of halogens is 4. The van der Waals surface area contributed by atoms with Gasteiger partial charge in [-0.1, -0.05) is 18.2 Å². The summed E-state index contributed by atoms with van der Waals surface area (Å²) >= 11 is 2.17. The summed E-state index contributed by atoms with van der Waals surface area (Å²) in [5.41, 5.74) is 3.36. The summed E-state index contributed by atoms with van der Waals surface area (Å²) in [6.45, 7) is 0. The fraction of sp³-hybridized carbons (Fsp3) is 0.143. The normalized spacial score (nSPS) is 12.4. The molecule has 6 heteroatoms. The highest BCUT2D eigenvalue weighted by atomic mass is 127. The third kappa shape index (κ3) is 3.31. The lowest BCUT2D eigenvalue weighted by Crippen LogP contribution is -2.30. The molecular weight excluding hydrogens is 380 g/mol. The summed E-state index contributed by atoms with van der Waals surface area (Å²) in [5, 5.41) is 0. The van der Waals surface area contributed by atoms with Crippen LogP contribution in [0.4, 0.5) is 13.2 Å². The van der Waals surface area contributed by atoms with Crippen LogP contribution in [0.2, 0.25) is 0 Å². The molecule has 0 aromatic heterocycles. The molecule has 0 aliphatic carbocycles. The zero-order valence-electron chi connectivity index (χ0n) is 10.3. The number of hydrazine groups is 1. The lowest BCUT2D eigenvalue weighted by atomic mass is 9.98. The van der Waals surface area contributed by atoms with Gasteiger partial charge < -0.3 is 0 Å². The van der Waals surface area contributed by atoms with Gasteiger partial charge in [0.05, 0.1) is 6.04 Å². The molecule has 2 aromatic rings. The lowest BCUT2D eigenvalue weighted by Gasteiger charge is -2.17. The first-order valence-electron chi connectivity index (χ1n) is 5.87. The second-order valence-electron chi connectivity index (χ2n) is 4.31. The van der Waals surface area contributed by atoms with E-state index in [9.17, 15) is 13.2 Å². The van der Waals surface area contributed by atoms with E-state index >= 15 is 0 Å². The smallest absolute Gasteiger partial charge is 0.194 e. The minimum atomic E-state index is -1.48. The second-order valence-corrected chi connectivity index (χ2v) is 5.56. The van der Waals surface area contributed by atoms with E-state index in [0.717, 1.165) is 15.2 Å². The van der Waals surface area contributed by atoms with Crippen molar-refractivity contribution in [1.29, 1.82) is 0 Å². The Labute approximate surface area is 128 Å². The fourth-order valence-corrected chi connectivity index (χ4v) is 2.28. The van der Waals surface area contributed by atoms with Crippen molar-refractivity contribution in [2.24, 2.45) is 5.84 Å². The van der Waals surface area contributed by atoms with Crippen molar-refractivity contribution >= 4 is 22.6 Å². The molecule has 20 heavy (non-hydrogen) atoms. The van der Waals surface area contributed by atoms with Crippen LogP contribution < -0.4 is 11.3 Å². The van der Waals surface area contributed by atoms with Crippen molar-refractivity contribution in [2.75, 3.05) is 0 Å². The third-order valence-corrected chi connectivity index (χ3v) is 3.71. The van der Waals surface area contributed by atoms with Crippen molar-refractivity contribution in [3.8, 4) is 0 Å². The van der Waals surface area contributed by atoms with Crippen LogP contribution in [0.1, 0.15) is 17.2 Å². The predicted molar refractivity (Wildman–Crippen MR) is 79.2 cm³/mol. The average Bonchev–Trinajstić information content (AvgIpc) is 2.45. The van der Waals surface area contributed by atoms with Gasteiger partial charge in [-0.15, -0.1) is 0 Å². The number of nitrogens with two attached hydrogens (primary N) is 1. The molecule has 3 N–H and O–H groups in total. The molecule has 2 rings (SSSR count). The third-order valence-electron chi connectivity index (χ3n) is 2.99. The zero-order chi connectivity index (χ0) is 14.7. The van der Waals surface area contributed by atoms with Crippen molar-refractivity contribution in [1.82, 2.24) is 5.43 Å². The largest absolute Gasteiger partial charge is 0.271 e. The van der Waals surface area contributed by atoms with Gasteiger partial charge >= 0.3 is 0 Å². The van der Waals surface area contributed by atoms with Crippen LogP contribution in [-0.2, 0) is 6.42 Å². The van der Waals surface area contributed by atoms with Gasteiger partial charge in [0.25, 0.3) is 0 Å². The Morgan fingerprint density at radius 1 is 1.00 bits per heavy atom. The highest BCUT2D eigenvalue weighted by molar-refractivity contribution is 14.1. The minimum absolute atomic E-state index is 0.00458. The maximum atomic E-state index is 13.8. The van der Waals surface area contributed by atoms with Gasteiger partial charge in [-0.25, -0.2) is 13.2 Å². The molecule has 2 aromatic carbocycles. The van der Waals surface area contributed by atoms with Gasteiger partial charge in [-0.3, -0.25) is 11.3 Å². The predicted octanol–water partition coefficient (Wildman–Crippen LogP) is 3.46. The molecule has 2 nitrogen and oxygen atoms in total. The molecule has 1 atom stereocenters. The summed E-state index contributed by atoms with van der Waals surface area (Å²) in [5.74, 6) is 1.50. The van der Waals surface area contributed by atoms with Crippen LogP contribution in [0.3, 0.4) is 0 Å². The monoisotopic (exact) mass is 392 g/mol. The first-order valence-corrected chi connectivity index (χ1v) is 6.94. The maximum absolute atomic E-state index is 13.8. The van der Waals surface area contributed by atoms with Gasteiger partial charge in [0.15, 0.2) is 17.5 Å². The standard InChI is InChI=1S/C14H12F3IN2/c15-11-6-5-10(13(16)14(11)17)12(20-19)7-8-1-3-9(18)4-2-8/h1-6,12,20H,7,19H2. The number of benzene rings is 2. The van der Waals surface area contributed by atoms with Crippen LogP contribution >= 0.6 is 22.6 Å². The van der Waals surface area contributed by atoms with Crippen molar-refractivity contribution in [2.45, 2.75) is 12.5 Å². The quantitative estimate of drug-likeness (QED) is 0.362. The summed E-state index contributed by atoms with van der Waals surface area (Å²) < 4.78 is 41.0. The van der Waals surface area contributed by atoms with Gasteiger partial charge in [0, 0.05) is 9.13 Å². The molecule has 0 radical (unpaired) electrons. The second kappa shape index (κ2) is 6.55. The topological polar surface area (TPSA) is 38.0 Å². The molecule has 0 saturated heterocycles. The summed E-state index contributed by atoms with van der Waals surface area (Å²) in [4.78, 5) is 0. The Bertz CT molecular complexity index is 602. The van der Waals surface area contributed by atoms with Crippen LogP contribution in [0.5, 0.6) is 0 Å². The summed E-state index contributed by atoms with van der Waals surface area (Å²) in [6.07, 6.45) is 0.370. The Hall–Kier alpha value is -1.12. The highest BCUT2D eigenvalue weighted by Gasteiger charge is 2.20. The van der Waals surface area contributed by atoms with Gasteiger partial charge in [0.1, 0.15) is 0 Å². The van der Waals surface area contributed by atoms with E-state index in [4.69, 9.17) is 5.84 Å². The van der Waals surface area contributed by atoms with E-state index in [0.29, 0.717) is 6.42 Å². The Kier molecular flexibility index (Phi) is 5.00. The molecule has 0 amide bonds. The van der Waals surface area contributed by atoms with Crippen LogP contribution in [0.25, 0.3) is 0 Å². The van der Waals surface area contributed by atoms with E-state index in [1.165, 1.54) is 6.07 Å². The molecule has 0 fully saturated rings. The van der Waals surface area contributed by atoms with E-state index < -0.39 is 23.5 Å². The van der Waals surface area contributed by atoms with Gasteiger partial charge in [0.2, 0.25) is 0 Å². The first kappa shape index (κ1) is 15.3. The molecule has 0 aliphatic heterocycles. The van der Waals surface area contributed by atoms with Crippen molar-refractivity contribution in [3.63, 3.8) is 0 Å². The molecule has 0 saturated carbocycles. The van der Waals surface area contributed by atoms with Crippen molar-refractivity contribution in [3.05, 3.63) is 68.5 Å². The highest BCUT2D eigenvalue weighted by Crippen LogP contribution is 2.24. The van der Waals surface area contributed by atoms with E-state index in [1.54, 1.807) is 0 Å². The Morgan fingerprint density at radius 3 is 2.25 bits per heavy atom. The summed E-state index contributed by atoms with van der Waals surface area (Å²) in [7, 11) is 0. The lowest BCUT2D eigenvalue weighted by molar-refractivity contribution is 0.425. The average molecular weight is 392 g/mol. The molecule has 0 heterocycles. The van der Waals surface area contributed by atoms with Crippen LogP contribution in [0, 0.1) is 21.0 Å².